The average Bonchev–Trinajstić information content (AvgIpc) is 3.12. The molecule has 1 saturated heterocycles. The van der Waals surface area contributed by atoms with Gasteiger partial charge in [-0.1, -0.05) is 35.9 Å². The zero-order valence-corrected chi connectivity index (χ0v) is 19.9. The van der Waals surface area contributed by atoms with Gasteiger partial charge in [0, 0.05) is 17.1 Å². The first-order valence-electron chi connectivity index (χ1n) is 10.8. The molecule has 180 valence electrons. The summed E-state index contributed by atoms with van der Waals surface area (Å²) in [6.45, 7) is 0.205. The third kappa shape index (κ3) is 4.86. The maximum atomic E-state index is 13.7. The average molecular weight is 496 g/mol. The maximum absolute atomic E-state index is 13.7. The predicted octanol–water partition coefficient (Wildman–Crippen LogP) is 5.16. The fourth-order valence-corrected chi connectivity index (χ4v) is 4.27. The standard InChI is InChI=1S/C27H23ClFNO5/c1-34-21-12-7-18(15-22(21)35-2)25(31)23-24(17-5-10-20(29)11-6-17)30(27(33)26(23)32)14-13-16-3-8-19(28)9-4-16/h3-12,15,24,31H,13-14H2,1-2H3/b25-23-. The van der Waals surface area contributed by atoms with Crippen LogP contribution in [0.1, 0.15) is 22.7 Å². The number of amides is 1. The topological polar surface area (TPSA) is 76.1 Å². The van der Waals surface area contributed by atoms with Crippen molar-refractivity contribution < 1.29 is 28.6 Å². The van der Waals surface area contributed by atoms with Crippen LogP contribution >= 0.6 is 11.6 Å². The van der Waals surface area contributed by atoms with E-state index in [1.807, 2.05) is 12.1 Å². The molecule has 1 aliphatic heterocycles. The molecular weight excluding hydrogens is 473 g/mol. The Kier molecular flexibility index (Phi) is 7.07. The molecule has 0 aliphatic carbocycles. The second kappa shape index (κ2) is 10.2. The quantitative estimate of drug-likeness (QED) is 0.278. The van der Waals surface area contributed by atoms with Crippen LogP contribution in [0.15, 0.2) is 72.3 Å². The van der Waals surface area contributed by atoms with Crippen LogP contribution in [0.3, 0.4) is 0 Å². The molecule has 35 heavy (non-hydrogen) atoms. The Hall–Kier alpha value is -3.84. The lowest BCUT2D eigenvalue weighted by Crippen LogP contribution is -2.31. The van der Waals surface area contributed by atoms with Crippen molar-refractivity contribution in [2.45, 2.75) is 12.5 Å². The number of carbonyl (C=O) groups excluding carboxylic acids is 2. The molecule has 1 heterocycles. The lowest BCUT2D eigenvalue weighted by molar-refractivity contribution is -0.139. The van der Waals surface area contributed by atoms with Gasteiger partial charge in [-0.05, 0) is 60.0 Å². The number of hydrogen-bond acceptors (Lipinski definition) is 5. The van der Waals surface area contributed by atoms with E-state index < -0.39 is 23.5 Å². The highest BCUT2D eigenvalue weighted by Crippen LogP contribution is 2.40. The molecule has 6 nitrogen and oxygen atoms in total. The fraction of sp³-hybridized carbons (Fsp3) is 0.185. The Labute approximate surface area is 207 Å². The second-order valence-corrected chi connectivity index (χ2v) is 8.43. The van der Waals surface area contributed by atoms with E-state index in [1.54, 1.807) is 24.3 Å². The normalized spacial score (nSPS) is 17.0. The number of ketones is 1. The van der Waals surface area contributed by atoms with Crippen LogP contribution in [0, 0.1) is 5.82 Å². The molecule has 1 aliphatic rings. The Bertz CT molecular complexity index is 1290. The molecular formula is C27H23ClFNO5. The van der Waals surface area contributed by atoms with E-state index in [4.69, 9.17) is 21.1 Å². The second-order valence-electron chi connectivity index (χ2n) is 7.99. The van der Waals surface area contributed by atoms with E-state index in [9.17, 15) is 19.1 Å². The molecule has 1 N–H and O–H groups in total. The van der Waals surface area contributed by atoms with Crippen LogP contribution in [0.4, 0.5) is 4.39 Å². The monoisotopic (exact) mass is 495 g/mol. The van der Waals surface area contributed by atoms with Gasteiger partial charge in [0.25, 0.3) is 11.7 Å². The SMILES string of the molecule is COc1ccc(/C(O)=C2/C(=O)C(=O)N(CCc3ccc(Cl)cc3)C2c2ccc(F)cc2)cc1OC. The molecule has 1 unspecified atom stereocenters. The van der Waals surface area contributed by atoms with Crippen molar-refractivity contribution in [1.82, 2.24) is 4.90 Å². The van der Waals surface area contributed by atoms with E-state index in [2.05, 4.69) is 0 Å². The minimum atomic E-state index is -0.893. The number of carbonyl (C=O) groups is 2. The van der Waals surface area contributed by atoms with Gasteiger partial charge >= 0.3 is 0 Å². The molecule has 1 amide bonds. The summed E-state index contributed by atoms with van der Waals surface area (Å²) in [6, 6.07) is 16.5. The fourth-order valence-electron chi connectivity index (χ4n) is 4.14. The van der Waals surface area contributed by atoms with Gasteiger partial charge in [0.2, 0.25) is 0 Å². The van der Waals surface area contributed by atoms with Gasteiger partial charge in [-0.15, -0.1) is 0 Å². The summed E-state index contributed by atoms with van der Waals surface area (Å²) in [6.07, 6.45) is 0.457. The Morgan fingerprint density at radius 3 is 2.26 bits per heavy atom. The number of likely N-dealkylation sites (tertiary alicyclic amines) is 1. The number of benzene rings is 3. The third-order valence-corrected chi connectivity index (χ3v) is 6.19. The molecule has 8 heteroatoms. The summed E-state index contributed by atoms with van der Waals surface area (Å²) in [4.78, 5) is 27.6. The summed E-state index contributed by atoms with van der Waals surface area (Å²) in [7, 11) is 2.94. The van der Waals surface area contributed by atoms with Gasteiger partial charge in [-0.2, -0.15) is 0 Å². The van der Waals surface area contributed by atoms with E-state index in [0.717, 1.165) is 5.56 Å². The van der Waals surface area contributed by atoms with Gasteiger partial charge in [0.15, 0.2) is 11.5 Å². The van der Waals surface area contributed by atoms with Crippen molar-refractivity contribution in [1.29, 1.82) is 0 Å². The molecule has 0 saturated carbocycles. The third-order valence-electron chi connectivity index (χ3n) is 5.94. The lowest BCUT2D eigenvalue weighted by atomic mass is 9.95. The van der Waals surface area contributed by atoms with Crippen molar-refractivity contribution in [3.05, 3.63) is 99.8 Å². The Morgan fingerprint density at radius 2 is 1.63 bits per heavy atom. The van der Waals surface area contributed by atoms with Gasteiger partial charge in [-0.3, -0.25) is 9.59 Å². The van der Waals surface area contributed by atoms with E-state index in [1.165, 1.54) is 49.5 Å². The highest BCUT2D eigenvalue weighted by atomic mass is 35.5. The largest absolute Gasteiger partial charge is 0.507 e. The summed E-state index contributed by atoms with van der Waals surface area (Å²) >= 11 is 5.96. The van der Waals surface area contributed by atoms with Crippen LogP contribution in [0.5, 0.6) is 11.5 Å². The highest BCUT2D eigenvalue weighted by molar-refractivity contribution is 6.46. The summed E-state index contributed by atoms with van der Waals surface area (Å²) in [5.74, 6) is -1.56. The molecule has 0 aromatic heterocycles. The van der Waals surface area contributed by atoms with Gasteiger partial charge in [0.1, 0.15) is 11.6 Å². The number of halogens is 2. The molecule has 0 radical (unpaired) electrons. The van der Waals surface area contributed by atoms with Crippen LogP contribution < -0.4 is 9.47 Å². The maximum Gasteiger partial charge on any atom is 0.295 e. The summed E-state index contributed by atoms with van der Waals surface area (Å²) < 4.78 is 24.2. The van der Waals surface area contributed by atoms with Gasteiger partial charge in [0.05, 0.1) is 25.8 Å². The number of ether oxygens (including phenoxy) is 2. The van der Waals surface area contributed by atoms with Crippen LogP contribution in [-0.4, -0.2) is 42.5 Å². The molecule has 1 atom stereocenters. The lowest BCUT2D eigenvalue weighted by Gasteiger charge is -2.25. The number of Topliss-reactive ketones (excluding diaryl/α,β-unsaturated/α-hetero) is 1. The van der Waals surface area contributed by atoms with Gasteiger partial charge in [-0.25, -0.2) is 4.39 Å². The van der Waals surface area contributed by atoms with Crippen LogP contribution in [0.2, 0.25) is 5.02 Å². The molecule has 1 fully saturated rings. The van der Waals surface area contributed by atoms with Crippen molar-refractivity contribution in [2.24, 2.45) is 0 Å². The zero-order valence-electron chi connectivity index (χ0n) is 19.1. The van der Waals surface area contributed by atoms with E-state index in [0.29, 0.717) is 28.5 Å². The van der Waals surface area contributed by atoms with Crippen molar-refractivity contribution in [3.8, 4) is 11.5 Å². The summed E-state index contributed by atoms with van der Waals surface area (Å²) in [5.41, 5.74) is 1.63. The van der Waals surface area contributed by atoms with Crippen LogP contribution in [0.25, 0.3) is 5.76 Å². The Morgan fingerprint density at radius 1 is 0.971 bits per heavy atom. The molecule has 0 bridgehead atoms. The number of rotatable bonds is 7. The zero-order chi connectivity index (χ0) is 25.1. The minimum absolute atomic E-state index is 0.0788. The minimum Gasteiger partial charge on any atom is -0.507 e. The van der Waals surface area contributed by atoms with E-state index in [-0.39, 0.29) is 23.4 Å². The first kappa shape index (κ1) is 24.3. The van der Waals surface area contributed by atoms with E-state index >= 15 is 0 Å². The number of nitrogens with zero attached hydrogens (tertiary/aromatic N) is 1. The van der Waals surface area contributed by atoms with Crippen molar-refractivity contribution in [3.63, 3.8) is 0 Å². The number of methoxy groups -OCH3 is 2. The number of aliphatic hydroxyl groups excluding tert-OH is 1. The van der Waals surface area contributed by atoms with Gasteiger partial charge < -0.3 is 19.5 Å². The first-order valence-corrected chi connectivity index (χ1v) is 11.2. The molecule has 3 aromatic rings. The van der Waals surface area contributed by atoms with Crippen LogP contribution in [-0.2, 0) is 16.0 Å². The number of hydrogen-bond donors (Lipinski definition) is 1. The number of aliphatic hydroxyl groups is 1. The van der Waals surface area contributed by atoms with Crippen molar-refractivity contribution >= 4 is 29.1 Å². The molecule has 3 aromatic carbocycles. The summed E-state index contributed by atoms with van der Waals surface area (Å²) in [5, 5.41) is 11.8. The Balaban J connectivity index is 1.78. The smallest absolute Gasteiger partial charge is 0.295 e. The molecule has 0 spiro atoms. The highest BCUT2D eigenvalue weighted by Gasteiger charge is 2.45. The first-order chi connectivity index (χ1) is 16.8. The van der Waals surface area contributed by atoms with Crippen molar-refractivity contribution in [2.75, 3.05) is 20.8 Å². The predicted molar refractivity (Wildman–Crippen MR) is 130 cm³/mol. The molecule has 4 rings (SSSR count).